The number of nitrogens with one attached hydrogen (secondary N) is 3. The monoisotopic (exact) mass is 391 g/mol. The van der Waals surface area contributed by atoms with Gasteiger partial charge in [0.05, 0.1) is 23.5 Å². The van der Waals surface area contributed by atoms with Crippen molar-refractivity contribution in [2.24, 2.45) is 4.99 Å². The van der Waals surface area contributed by atoms with Crippen molar-refractivity contribution in [1.29, 1.82) is 0 Å². The molecule has 1 saturated heterocycles. The maximum Gasteiger partial charge on any atom is 0.127 e. The topological polar surface area (TPSA) is 51.7 Å². The van der Waals surface area contributed by atoms with E-state index in [4.69, 9.17) is 4.99 Å². The van der Waals surface area contributed by atoms with E-state index in [1.807, 2.05) is 0 Å². The van der Waals surface area contributed by atoms with Crippen molar-refractivity contribution >= 4 is 17.2 Å². The predicted molar refractivity (Wildman–Crippen MR) is 123 cm³/mol. The summed E-state index contributed by atoms with van der Waals surface area (Å²) in [5.74, 6) is 1.08. The highest BCUT2D eigenvalue weighted by Crippen LogP contribution is 2.36. The van der Waals surface area contributed by atoms with E-state index in [1.165, 1.54) is 22.4 Å². The first-order valence-corrected chi connectivity index (χ1v) is 10.7. The Hall–Kier alpha value is -2.37. The van der Waals surface area contributed by atoms with E-state index in [-0.39, 0.29) is 5.54 Å². The molecule has 0 amide bonds. The lowest BCUT2D eigenvalue weighted by atomic mass is 9.84. The summed E-state index contributed by atoms with van der Waals surface area (Å²) in [7, 11) is 4.24. The number of amidine groups is 1. The van der Waals surface area contributed by atoms with Crippen molar-refractivity contribution in [2.45, 2.75) is 38.3 Å². The van der Waals surface area contributed by atoms with Gasteiger partial charge in [0.15, 0.2) is 0 Å². The van der Waals surface area contributed by atoms with E-state index in [0.29, 0.717) is 6.54 Å². The molecule has 0 unspecified atom stereocenters. The lowest BCUT2D eigenvalue weighted by Crippen LogP contribution is -2.57. The van der Waals surface area contributed by atoms with Crippen LogP contribution in [0.5, 0.6) is 0 Å². The zero-order valence-electron chi connectivity index (χ0n) is 17.9. The van der Waals surface area contributed by atoms with E-state index >= 15 is 0 Å². The van der Waals surface area contributed by atoms with Gasteiger partial charge in [0.2, 0.25) is 0 Å². The molecule has 154 valence electrons. The number of rotatable bonds is 5. The summed E-state index contributed by atoms with van der Waals surface area (Å²) in [6.07, 6.45) is 3.12. The molecule has 2 aromatic carbocycles. The molecule has 0 aromatic heterocycles. The molecular weight excluding hydrogens is 358 g/mol. The Bertz CT molecular complexity index is 881. The summed E-state index contributed by atoms with van der Waals surface area (Å²) >= 11 is 0. The molecule has 5 nitrogen and oxygen atoms in total. The Kier molecular flexibility index (Phi) is 5.88. The van der Waals surface area contributed by atoms with E-state index in [9.17, 15) is 0 Å². The third kappa shape index (κ3) is 4.62. The minimum absolute atomic E-state index is 0.104. The maximum absolute atomic E-state index is 5.08. The SMILES string of the molecule is Cc1cccc(CN=C2Nc3cc(CCN(C)C)ccc3NC23CCNCC3)c1. The van der Waals surface area contributed by atoms with Crippen molar-refractivity contribution in [3.05, 3.63) is 59.2 Å². The number of benzene rings is 2. The Balaban J connectivity index is 1.61. The molecule has 1 spiro atoms. The first-order chi connectivity index (χ1) is 14.0. The quantitative estimate of drug-likeness (QED) is 0.728. The van der Waals surface area contributed by atoms with Crippen LogP contribution in [0.2, 0.25) is 0 Å². The van der Waals surface area contributed by atoms with Crippen molar-refractivity contribution in [3.8, 4) is 0 Å². The number of anilines is 2. The molecule has 0 bridgehead atoms. The lowest BCUT2D eigenvalue weighted by molar-refractivity contribution is 0.413. The molecular formula is C24H33N5. The molecule has 2 aliphatic heterocycles. The van der Waals surface area contributed by atoms with Gasteiger partial charge in [0.1, 0.15) is 5.84 Å². The van der Waals surface area contributed by atoms with Gasteiger partial charge in [-0.1, -0.05) is 35.9 Å². The van der Waals surface area contributed by atoms with Crippen LogP contribution in [0.15, 0.2) is 47.5 Å². The summed E-state index contributed by atoms with van der Waals surface area (Å²) in [6, 6.07) is 15.4. The number of likely N-dealkylation sites (N-methyl/N-ethyl adjacent to an activating group) is 1. The molecule has 2 aliphatic rings. The number of hydrogen-bond acceptors (Lipinski definition) is 4. The predicted octanol–water partition coefficient (Wildman–Crippen LogP) is 3.66. The second-order valence-corrected chi connectivity index (χ2v) is 8.67. The van der Waals surface area contributed by atoms with Gasteiger partial charge in [0, 0.05) is 6.54 Å². The van der Waals surface area contributed by atoms with Gasteiger partial charge in [0.25, 0.3) is 0 Å². The van der Waals surface area contributed by atoms with Crippen molar-refractivity contribution in [3.63, 3.8) is 0 Å². The second-order valence-electron chi connectivity index (χ2n) is 8.67. The number of nitrogens with zero attached hydrogens (tertiary/aromatic N) is 2. The third-order valence-electron chi connectivity index (χ3n) is 5.97. The van der Waals surface area contributed by atoms with E-state index in [1.54, 1.807) is 0 Å². The number of piperidine rings is 1. The Labute approximate surface area is 174 Å². The minimum Gasteiger partial charge on any atom is -0.371 e. The van der Waals surface area contributed by atoms with E-state index in [2.05, 4.69) is 84.3 Å². The van der Waals surface area contributed by atoms with Crippen LogP contribution in [-0.4, -0.2) is 50.0 Å². The Morgan fingerprint density at radius 2 is 1.83 bits per heavy atom. The minimum atomic E-state index is -0.104. The van der Waals surface area contributed by atoms with Crippen LogP contribution in [0.3, 0.4) is 0 Å². The number of hydrogen-bond donors (Lipinski definition) is 3. The molecule has 2 aromatic rings. The highest BCUT2D eigenvalue weighted by molar-refractivity contribution is 6.09. The van der Waals surface area contributed by atoms with Crippen LogP contribution in [0.25, 0.3) is 0 Å². The fraction of sp³-hybridized carbons (Fsp3) is 0.458. The fourth-order valence-corrected chi connectivity index (χ4v) is 4.26. The van der Waals surface area contributed by atoms with Crippen molar-refractivity contribution in [2.75, 3.05) is 44.4 Å². The first-order valence-electron chi connectivity index (χ1n) is 10.7. The average Bonchev–Trinajstić information content (AvgIpc) is 2.71. The standard InChI is InChI=1S/C24H33N5/c1-18-5-4-6-20(15-18)17-26-23-24(10-12-25-13-11-24)28-21-8-7-19(9-14-29(2)3)16-22(21)27-23/h4-8,15-16,25,28H,9-14,17H2,1-3H3,(H,26,27). The summed E-state index contributed by atoms with van der Waals surface area (Å²) in [5.41, 5.74) is 6.13. The van der Waals surface area contributed by atoms with Gasteiger partial charge < -0.3 is 20.9 Å². The molecule has 2 heterocycles. The summed E-state index contributed by atoms with van der Waals surface area (Å²) in [6.45, 7) is 5.91. The molecule has 3 N–H and O–H groups in total. The summed E-state index contributed by atoms with van der Waals surface area (Å²) in [5, 5.41) is 11.1. The number of aryl methyl sites for hydroxylation is 1. The molecule has 0 saturated carbocycles. The van der Waals surface area contributed by atoms with Gasteiger partial charge in [-0.15, -0.1) is 0 Å². The highest BCUT2D eigenvalue weighted by Gasteiger charge is 2.40. The molecule has 0 radical (unpaired) electrons. The molecule has 0 aliphatic carbocycles. The van der Waals surface area contributed by atoms with Crippen LogP contribution >= 0.6 is 0 Å². The highest BCUT2D eigenvalue weighted by atomic mass is 15.2. The average molecular weight is 392 g/mol. The number of aliphatic imine (C=N–C) groups is 1. The van der Waals surface area contributed by atoms with Crippen LogP contribution in [0, 0.1) is 6.92 Å². The molecule has 29 heavy (non-hydrogen) atoms. The van der Waals surface area contributed by atoms with Crippen LogP contribution in [-0.2, 0) is 13.0 Å². The molecule has 1 fully saturated rings. The first kappa shape index (κ1) is 19.9. The number of fused-ring (bicyclic) bond motifs is 1. The second kappa shape index (κ2) is 8.56. The van der Waals surface area contributed by atoms with Crippen molar-refractivity contribution < 1.29 is 0 Å². The van der Waals surface area contributed by atoms with Gasteiger partial charge in [-0.2, -0.15) is 0 Å². The molecule has 0 atom stereocenters. The lowest BCUT2D eigenvalue weighted by Gasteiger charge is -2.44. The van der Waals surface area contributed by atoms with E-state index < -0.39 is 0 Å². The summed E-state index contributed by atoms with van der Waals surface area (Å²) in [4.78, 5) is 7.31. The largest absolute Gasteiger partial charge is 0.371 e. The van der Waals surface area contributed by atoms with Crippen LogP contribution in [0.1, 0.15) is 29.5 Å². The van der Waals surface area contributed by atoms with Gasteiger partial charge in [-0.25, -0.2) is 0 Å². The Morgan fingerprint density at radius 3 is 2.59 bits per heavy atom. The van der Waals surface area contributed by atoms with Crippen LogP contribution in [0.4, 0.5) is 11.4 Å². The smallest absolute Gasteiger partial charge is 0.127 e. The fourth-order valence-electron chi connectivity index (χ4n) is 4.26. The molecule has 5 heteroatoms. The third-order valence-corrected chi connectivity index (χ3v) is 5.97. The van der Waals surface area contributed by atoms with Crippen molar-refractivity contribution in [1.82, 2.24) is 10.2 Å². The molecule has 4 rings (SSSR count). The summed E-state index contributed by atoms with van der Waals surface area (Å²) < 4.78 is 0. The van der Waals surface area contributed by atoms with E-state index in [0.717, 1.165) is 50.4 Å². The Morgan fingerprint density at radius 1 is 1.00 bits per heavy atom. The zero-order chi connectivity index (χ0) is 20.3. The zero-order valence-corrected chi connectivity index (χ0v) is 17.9. The van der Waals surface area contributed by atoms with Gasteiger partial charge in [-0.05, 0) is 76.6 Å². The van der Waals surface area contributed by atoms with Crippen LogP contribution < -0.4 is 16.0 Å². The van der Waals surface area contributed by atoms with Gasteiger partial charge in [-0.3, -0.25) is 4.99 Å². The van der Waals surface area contributed by atoms with Gasteiger partial charge >= 0.3 is 0 Å². The maximum atomic E-state index is 5.08. The normalized spacial score (nSPS) is 19.1.